The average Bonchev–Trinajstić information content (AvgIpc) is 3.24. The smallest absolute Gasteiger partial charge is 0.232 e. The van der Waals surface area contributed by atoms with Gasteiger partial charge in [-0.15, -0.1) is 0 Å². The SMILES string of the molecule is O=C(CCOc1ccccc1)N(Cc1cccnc1)c1nc2cc3c(cc2s1)OCCO3. The summed E-state index contributed by atoms with van der Waals surface area (Å²) in [7, 11) is 0. The van der Waals surface area contributed by atoms with Gasteiger partial charge in [-0.1, -0.05) is 35.6 Å². The van der Waals surface area contributed by atoms with Gasteiger partial charge in [0.2, 0.25) is 5.91 Å². The van der Waals surface area contributed by atoms with Gasteiger partial charge in [0.1, 0.15) is 19.0 Å². The van der Waals surface area contributed by atoms with Crippen molar-refractivity contribution in [1.82, 2.24) is 9.97 Å². The summed E-state index contributed by atoms with van der Waals surface area (Å²) in [5.74, 6) is 2.06. The van der Waals surface area contributed by atoms with Gasteiger partial charge >= 0.3 is 0 Å². The van der Waals surface area contributed by atoms with Gasteiger partial charge < -0.3 is 14.2 Å². The Morgan fingerprint density at radius 1 is 1.06 bits per heavy atom. The van der Waals surface area contributed by atoms with Gasteiger partial charge in [-0.2, -0.15) is 0 Å². The Balaban J connectivity index is 1.39. The van der Waals surface area contributed by atoms with Gasteiger partial charge in [0.15, 0.2) is 16.6 Å². The van der Waals surface area contributed by atoms with E-state index in [0.717, 1.165) is 21.5 Å². The number of thiazole rings is 1. The van der Waals surface area contributed by atoms with E-state index in [1.807, 2.05) is 54.6 Å². The predicted molar refractivity (Wildman–Crippen MR) is 123 cm³/mol. The first-order valence-corrected chi connectivity index (χ1v) is 11.2. The molecule has 0 fully saturated rings. The molecule has 0 unspecified atom stereocenters. The van der Waals surface area contributed by atoms with Crippen molar-refractivity contribution in [3.8, 4) is 17.2 Å². The zero-order chi connectivity index (χ0) is 21.8. The third-order valence-electron chi connectivity index (χ3n) is 4.96. The number of pyridine rings is 1. The van der Waals surface area contributed by atoms with Crippen molar-refractivity contribution in [2.45, 2.75) is 13.0 Å². The van der Waals surface area contributed by atoms with Crippen LogP contribution in [0.1, 0.15) is 12.0 Å². The van der Waals surface area contributed by atoms with Crippen molar-refractivity contribution >= 4 is 32.6 Å². The summed E-state index contributed by atoms with van der Waals surface area (Å²) in [5, 5.41) is 0.621. The van der Waals surface area contributed by atoms with Crippen molar-refractivity contribution in [3.63, 3.8) is 0 Å². The Morgan fingerprint density at radius 2 is 1.88 bits per heavy atom. The summed E-state index contributed by atoms with van der Waals surface area (Å²) in [6.45, 7) is 1.71. The molecule has 0 N–H and O–H groups in total. The summed E-state index contributed by atoms with van der Waals surface area (Å²) in [6, 6.07) is 17.1. The third-order valence-corrected chi connectivity index (χ3v) is 6.01. The fraction of sp³-hybridized carbons (Fsp3) is 0.208. The van der Waals surface area contributed by atoms with E-state index in [0.29, 0.717) is 36.4 Å². The van der Waals surface area contributed by atoms with Crippen molar-refractivity contribution in [2.24, 2.45) is 0 Å². The first-order chi connectivity index (χ1) is 15.8. The van der Waals surface area contributed by atoms with Gasteiger partial charge in [-0.25, -0.2) is 4.98 Å². The molecular formula is C24H21N3O4S. The molecule has 162 valence electrons. The van der Waals surface area contributed by atoms with Crippen molar-refractivity contribution in [3.05, 3.63) is 72.6 Å². The van der Waals surface area contributed by atoms with E-state index in [2.05, 4.69) is 4.98 Å². The monoisotopic (exact) mass is 447 g/mol. The number of aromatic nitrogens is 2. The van der Waals surface area contributed by atoms with E-state index >= 15 is 0 Å². The largest absolute Gasteiger partial charge is 0.493 e. The van der Waals surface area contributed by atoms with Crippen LogP contribution in [0.25, 0.3) is 10.2 Å². The van der Waals surface area contributed by atoms with Crippen molar-refractivity contribution in [2.75, 3.05) is 24.7 Å². The average molecular weight is 448 g/mol. The molecular weight excluding hydrogens is 426 g/mol. The summed E-state index contributed by atoms with van der Waals surface area (Å²) in [6.07, 6.45) is 3.70. The van der Waals surface area contributed by atoms with Crippen LogP contribution in [0.15, 0.2) is 67.0 Å². The van der Waals surface area contributed by atoms with Gasteiger partial charge in [0.05, 0.1) is 29.8 Å². The first kappa shape index (κ1) is 20.3. The minimum Gasteiger partial charge on any atom is -0.493 e. The zero-order valence-corrected chi connectivity index (χ0v) is 18.1. The van der Waals surface area contributed by atoms with Crippen LogP contribution in [0.3, 0.4) is 0 Å². The van der Waals surface area contributed by atoms with Crippen molar-refractivity contribution in [1.29, 1.82) is 0 Å². The Kier molecular flexibility index (Phi) is 5.85. The lowest BCUT2D eigenvalue weighted by atomic mass is 10.2. The molecule has 32 heavy (non-hydrogen) atoms. The summed E-state index contributed by atoms with van der Waals surface area (Å²) < 4.78 is 18.0. The molecule has 0 spiro atoms. The molecule has 4 aromatic rings. The summed E-state index contributed by atoms with van der Waals surface area (Å²) in [5.41, 5.74) is 1.70. The number of carbonyl (C=O) groups excluding carboxylic acids is 1. The van der Waals surface area contributed by atoms with E-state index in [1.165, 1.54) is 11.3 Å². The molecule has 2 aromatic heterocycles. The van der Waals surface area contributed by atoms with Crippen LogP contribution in [0.5, 0.6) is 17.2 Å². The maximum absolute atomic E-state index is 13.2. The van der Waals surface area contributed by atoms with Crippen LogP contribution in [-0.2, 0) is 11.3 Å². The highest BCUT2D eigenvalue weighted by atomic mass is 32.1. The number of hydrogen-bond donors (Lipinski definition) is 0. The Bertz CT molecular complexity index is 1170. The lowest BCUT2D eigenvalue weighted by Gasteiger charge is -2.20. The second kappa shape index (κ2) is 9.23. The number of hydrogen-bond acceptors (Lipinski definition) is 7. The Labute approximate surface area is 189 Å². The van der Waals surface area contributed by atoms with Gasteiger partial charge in [0, 0.05) is 24.5 Å². The highest BCUT2D eigenvalue weighted by Crippen LogP contribution is 2.39. The minimum atomic E-state index is -0.0684. The van der Waals surface area contributed by atoms with Crippen LogP contribution in [0, 0.1) is 0 Å². The van der Waals surface area contributed by atoms with Crippen molar-refractivity contribution < 1.29 is 19.0 Å². The van der Waals surface area contributed by atoms with E-state index in [-0.39, 0.29) is 18.9 Å². The summed E-state index contributed by atoms with van der Waals surface area (Å²) in [4.78, 5) is 23.8. The standard InChI is InChI=1S/C24H21N3O4S/c28-23(8-10-29-18-6-2-1-3-7-18)27(16-17-5-4-9-25-15-17)24-26-19-13-20-21(14-22(19)32-24)31-12-11-30-20/h1-7,9,13-15H,8,10-12,16H2. The molecule has 0 saturated heterocycles. The van der Waals surface area contributed by atoms with E-state index < -0.39 is 0 Å². The number of para-hydroxylation sites is 1. The molecule has 5 rings (SSSR count). The number of carbonyl (C=O) groups is 1. The van der Waals surface area contributed by atoms with Crippen LogP contribution >= 0.6 is 11.3 Å². The van der Waals surface area contributed by atoms with E-state index in [4.69, 9.17) is 19.2 Å². The first-order valence-electron chi connectivity index (χ1n) is 10.3. The van der Waals surface area contributed by atoms with Crippen LogP contribution < -0.4 is 19.1 Å². The van der Waals surface area contributed by atoms with E-state index in [9.17, 15) is 4.79 Å². The van der Waals surface area contributed by atoms with Crippen LogP contribution in [0.2, 0.25) is 0 Å². The fourth-order valence-electron chi connectivity index (χ4n) is 3.41. The predicted octanol–water partition coefficient (Wildman–Crippen LogP) is 4.46. The number of nitrogens with zero attached hydrogens (tertiary/aromatic N) is 3. The Hall–Kier alpha value is -3.65. The third kappa shape index (κ3) is 4.50. The maximum atomic E-state index is 13.2. The second-order valence-corrected chi connectivity index (χ2v) is 8.22. The zero-order valence-electron chi connectivity index (χ0n) is 17.3. The normalized spacial score (nSPS) is 12.5. The molecule has 1 aliphatic rings. The molecule has 1 amide bonds. The number of ether oxygens (including phenoxy) is 3. The number of fused-ring (bicyclic) bond motifs is 2. The molecule has 7 nitrogen and oxygen atoms in total. The molecule has 0 bridgehead atoms. The van der Waals surface area contributed by atoms with Crippen LogP contribution in [0.4, 0.5) is 5.13 Å². The molecule has 2 aromatic carbocycles. The quantitative estimate of drug-likeness (QED) is 0.416. The molecule has 3 heterocycles. The second-order valence-electron chi connectivity index (χ2n) is 7.21. The van der Waals surface area contributed by atoms with Crippen LogP contribution in [-0.4, -0.2) is 35.7 Å². The lowest BCUT2D eigenvalue weighted by Crippen LogP contribution is -2.31. The van der Waals surface area contributed by atoms with Gasteiger partial charge in [0.25, 0.3) is 0 Å². The Morgan fingerprint density at radius 3 is 2.66 bits per heavy atom. The number of anilines is 1. The molecule has 1 aliphatic heterocycles. The summed E-state index contributed by atoms with van der Waals surface area (Å²) >= 11 is 1.45. The lowest BCUT2D eigenvalue weighted by molar-refractivity contribution is -0.119. The minimum absolute atomic E-state index is 0.0684. The molecule has 8 heteroatoms. The fourth-order valence-corrected chi connectivity index (χ4v) is 4.41. The topological polar surface area (TPSA) is 73.8 Å². The number of amides is 1. The number of benzene rings is 2. The molecule has 0 atom stereocenters. The van der Waals surface area contributed by atoms with Gasteiger partial charge in [-0.3, -0.25) is 14.7 Å². The van der Waals surface area contributed by atoms with E-state index in [1.54, 1.807) is 17.3 Å². The van der Waals surface area contributed by atoms with Gasteiger partial charge in [-0.05, 0) is 23.8 Å². The number of rotatable bonds is 7. The molecule has 0 radical (unpaired) electrons. The maximum Gasteiger partial charge on any atom is 0.232 e. The highest BCUT2D eigenvalue weighted by molar-refractivity contribution is 7.22. The molecule has 0 aliphatic carbocycles. The highest BCUT2D eigenvalue weighted by Gasteiger charge is 2.22. The molecule has 0 saturated carbocycles.